The first-order valence-corrected chi connectivity index (χ1v) is 9.22. The predicted octanol–water partition coefficient (Wildman–Crippen LogP) is 5.26. The van der Waals surface area contributed by atoms with E-state index in [1.807, 2.05) is 31.2 Å². The normalized spacial score (nSPS) is 15.0. The molecule has 2 heterocycles. The number of nitrogens with zero attached hydrogens (tertiary/aromatic N) is 2. The van der Waals surface area contributed by atoms with Gasteiger partial charge in [-0.1, -0.05) is 39.5 Å². The van der Waals surface area contributed by atoms with E-state index in [4.69, 9.17) is 0 Å². The molecule has 0 amide bonds. The molecule has 2 aromatic rings. The molecule has 0 radical (unpaired) electrons. The minimum Gasteiger partial charge on any atom is -0.306 e. The molecule has 1 aromatic heterocycles. The second-order valence-electron chi connectivity index (χ2n) is 8.25. The molecule has 3 rings (SSSR count). The van der Waals surface area contributed by atoms with Crippen molar-refractivity contribution in [2.75, 3.05) is 20.1 Å². The lowest BCUT2D eigenvalue weighted by molar-refractivity contribution is 0.134. The Balaban J connectivity index is 0.000000228. The highest BCUT2D eigenvalue weighted by molar-refractivity contribution is 5.41. The third-order valence-corrected chi connectivity index (χ3v) is 4.65. The maximum Gasteiger partial charge on any atom is 0.123 e. The monoisotopic (exact) mass is 354 g/mol. The molecule has 0 aliphatic carbocycles. The summed E-state index contributed by atoms with van der Waals surface area (Å²) >= 11 is 0. The van der Waals surface area contributed by atoms with Crippen LogP contribution in [0.5, 0.6) is 0 Å². The summed E-state index contributed by atoms with van der Waals surface area (Å²) in [7, 11) is 2.14. The highest BCUT2D eigenvalue weighted by atomic mass is 19.1. The predicted molar refractivity (Wildman–Crippen MR) is 109 cm³/mol. The number of halogens is 1. The molecule has 1 aliphatic rings. The van der Waals surface area contributed by atoms with E-state index in [1.54, 1.807) is 18.2 Å². The van der Waals surface area contributed by atoms with Crippen molar-refractivity contribution < 1.29 is 4.39 Å². The second kappa shape index (κ2) is 8.59. The van der Waals surface area contributed by atoms with Gasteiger partial charge in [-0.2, -0.15) is 0 Å². The number of hydrogen-bond donors (Lipinski definition) is 0. The van der Waals surface area contributed by atoms with Gasteiger partial charge in [-0.3, -0.25) is 4.98 Å². The fourth-order valence-electron chi connectivity index (χ4n) is 3.37. The second-order valence-corrected chi connectivity index (χ2v) is 8.25. The van der Waals surface area contributed by atoms with E-state index in [-0.39, 0.29) is 11.2 Å². The quantitative estimate of drug-likeness (QED) is 0.747. The van der Waals surface area contributed by atoms with Gasteiger partial charge in [0.1, 0.15) is 5.82 Å². The lowest BCUT2D eigenvalue weighted by Gasteiger charge is -2.37. The van der Waals surface area contributed by atoms with E-state index in [2.05, 4.69) is 44.3 Å². The van der Waals surface area contributed by atoms with E-state index in [1.165, 1.54) is 18.7 Å². The number of likely N-dealkylation sites (tertiary alicyclic amines) is 1. The molecule has 1 aliphatic heterocycles. The highest BCUT2D eigenvalue weighted by Gasteiger charge is 2.26. The molecule has 26 heavy (non-hydrogen) atoms. The summed E-state index contributed by atoms with van der Waals surface area (Å²) in [6, 6.07) is 11.1. The van der Waals surface area contributed by atoms with Crippen molar-refractivity contribution in [2.24, 2.45) is 5.92 Å². The van der Waals surface area contributed by atoms with Crippen molar-refractivity contribution in [3.63, 3.8) is 0 Å². The van der Waals surface area contributed by atoms with Crippen LogP contribution in [0.2, 0.25) is 0 Å². The van der Waals surface area contributed by atoms with E-state index in [0.29, 0.717) is 0 Å². The summed E-state index contributed by atoms with van der Waals surface area (Å²) in [5.41, 5.74) is 4.47. The van der Waals surface area contributed by atoms with Crippen LogP contribution in [0.1, 0.15) is 43.3 Å². The first kappa shape index (κ1) is 20.3. The van der Waals surface area contributed by atoms with Gasteiger partial charge in [0.2, 0.25) is 0 Å². The Labute approximate surface area is 157 Å². The zero-order valence-corrected chi connectivity index (χ0v) is 16.7. The summed E-state index contributed by atoms with van der Waals surface area (Å²) in [5.74, 6) is 0.621. The number of aromatic nitrogens is 1. The molecular formula is C23H31FN2. The lowest BCUT2D eigenvalue weighted by atomic mass is 9.80. The molecule has 3 heteroatoms. The zero-order chi connectivity index (χ0) is 19.3. The van der Waals surface area contributed by atoms with Gasteiger partial charge in [-0.15, -0.1) is 0 Å². The Hall–Kier alpha value is -2.00. The van der Waals surface area contributed by atoms with Crippen LogP contribution in [0.4, 0.5) is 4.39 Å². The summed E-state index contributed by atoms with van der Waals surface area (Å²) < 4.78 is 13.4. The molecule has 0 spiro atoms. The molecule has 1 fully saturated rings. The van der Waals surface area contributed by atoms with Gasteiger partial charge in [-0.05, 0) is 73.2 Å². The van der Waals surface area contributed by atoms with Crippen molar-refractivity contribution in [2.45, 2.75) is 39.5 Å². The maximum absolute atomic E-state index is 13.4. The maximum atomic E-state index is 13.4. The molecule has 0 saturated carbocycles. The van der Waals surface area contributed by atoms with Crippen LogP contribution in [-0.2, 0) is 11.8 Å². The smallest absolute Gasteiger partial charge is 0.123 e. The Morgan fingerprint density at radius 3 is 2.42 bits per heavy atom. The fraction of sp³-hybridized carbons (Fsp3) is 0.435. The number of pyridine rings is 1. The van der Waals surface area contributed by atoms with Crippen LogP contribution in [0, 0.1) is 18.7 Å². The van der Waals surface area contributed by atoms with Crippen LogP contribution in [-0.4, -0.2) is 30.0 Å². The summed E-state index contributed by atoms with van der Waals surface area (Å²) in [6.07, 6.45) is 2.82. The van der Waals surface area contributed by atoms with Crippen molar-refractivity contribution >= 4 is 6.08 Å². The number of aryl methyl sites for hydroxylation is 1. The van der Waals surface area contributed by atoms with E-state index < -0.39 is 0 Å². The van der Waals surface area contributed by atoms with E-state index in [0.717, 1.165) is 29.3 Å². The van der Waals surface area contributed by atoms with Gasteiger partial charge in [0.15, 0.2) is 0 Å². The number of rotatable bonds is 3. The average Bonchev–Trinajstić information content (AvgIpc) is 2.54. The standard InChI is InChI=1S/C15H22FN.C8H9N/c1-15(2,3)14-8-13(16)6-5-12(14)7-11-9-17(4)10-11;1-3-8-6-4-5-7(2)9-8/h5-6,8,11H,7,9-10H2,1-4H3;3-6H,1H2,2H3. The van der Waals surface area contributed by atoms with Crippen LogP contribution in [0.15, 0.2) is 43.0 Å². The van der Waals surface area contributed by atoms with Gasteiger partial charge in [-0.25, -0.2) is 4.39 Å². The summed E-state index contributed by atoms with van der Waals surface area (Å²) in [5, 5.41) is 0. The molecule has 1 saturated heterocycles. The minimum absolute atomic E-state index is 0.0209. The zero-order valence-electron chi connectivity index (χ0n) is 16.7. The molecule has 0 N–H and O–H groups in total. The Morgan fingerprint density at radius 2 is 1.92 bits per heavy atom. The van der Waals surface area contributed by atoms with Crippen molar-refractivity contribution in [3.8, 4) is 0 Å². The molecule has 2 nitrogen and oxygen atoms in total. The van der Waals surface area contributed by atoms with Crippen molar-refractivity contribution in [3.05, 3.63) is 71.3 Å². The third kappa shape index (κ3) is 5.77. The molecule has 1 aromatic carbocycles. The lowest BCUT2D eigenvalue weighted by Crippen LogP contribution is -2.44. The topological polar surface area (TPSA) is 16.1 Å². The highest BCUT2D eigenvalue weighted by Crippen LogP contribution is 2.30. The van der Waals surface area contributed by atoms with Gasteiger partial charge in [0.05, 0.1) is 5.69 Å². The number of hydrogen-bond acceptors (Lipinski definition) is 2. The fourth-order valence-corrected chi connectivity index (χ4v) is 3.37. The number of benzene rings is 1. The van der Waals surface area contributed by atoms with Gasteiger partial charge in [0.25, 0.3) is 0 Å². The Bertz CT molecular complexity index is 740. The molecule has 0 bridgehead atoms. The van der Waals surface area contributed by atoms with Gasteiger partial charge < -0.3 is 4.90 Å². The minimum atomic E-state index is -0.121. The van der Waals surface area contributed by atoms with Crippen LogP contribution in [0.25, 0.3) is 6.08 Å². The van der Waals surface area contributed by atoms with Crippen molar-refractivity contribution in [1.82, 2.24) is 9.88 Å². The summed E-state index contributed by atoms with van der Waals surface area (Å²) in [4.78, 5) is 6.50. The van der Waals surface area contributed by atoms with Crippen molar-refractivity contribution in [1.29, 1.82) is 0 Å². The SMILES string of the molecule is C=Cc1cccc(C)n1.CN1CC(Cc2ccc(F)cc2C(C)(C)C)C1. The van der Waals surface area contributed by atoms with Crippen LogP contribution in [0.3, 0.4) is 0 Å². The van der Waals surface area contributed by atoms with Gasteiger partial charge >= 0.3 is 0 Å². The van der Waals surface area contributed by atoms with E-state index in [9.17, 15) is 4.39 Å². The van der Waals surface area contributed by atoms with Crippen LogP contribution >= 0.6 is 0 Å². The van der Waals surface area contributed by atoms with Gasteiger partial charge in [0, 0.05) is 18.8 Å². The Morgan fingerprint density at radius 1 is 1.23 bits per heavy atom. The van der Waals surface area contributed by atoms with E-state index >= 15 is 0 Å². The first-order chi connectivity index (χ1) is 12.2. The Kier molecular flexibility index (Phi) is 6.71. The average molecular weight is 355 g/mol. The third-order valence-electron chi connectivity index (χ3n) is 4.65. The molecular weight excluding hydrogens is 323 g/mol. The first-order valence-electron chi connectivity index (χ1n) is 9.22. The summed E-state index contributed by atoms with van der Waals surface area (Å²) in [6.45, 7) is 14.4. The molecule has 140 valence electrons. The molecule has 0 atom stereocenters. The largest absolute Gasteiger partial charge is 0.306 e. The molecule has 0 unspecified atom stereocenters. The van der Waals surface area contributed by atoms with Crippen LogP contribution < -0.4 is 0 Å².